The van der Waals surface area contributed by atoms with Crippen LogP contribution in [0.2, 0.25) is 10.0 Å². The van der Waals surface area contributed by atoms with E-state index in [2.05, 4.69) is 23.5 Å². The average Bonchev–Trinajstić information content (AvgIpc) is 3.18. The lowest BCUT2D eigenvalue weighted by molar-refractivity contribution is 0.443. The van der Waals surface area contributed by atoms with Crippen LogP contribution >= 0.6 is 34.5 Å². The first-order valence-electron chi connectivity index (χ1n) is 9.60. The van der Waals surface area contributed by atoms with E-state index in [-0.39, 0.29) is 0 Å². The van der Waals surface area contributed by atoms with Crippen molar-refractivity contribution in [1.82, 2.24) is 9.97 Å². The zero-order chi connectivity index (χ0) is 19.1. The summed E-state index contributed by atoms with van der Waals surface area (Å²) in [7, 11) is 0. The molecule has 2 aromatic carbocycles. The van der Waals surface area contributed by atoms with Crippen molar-refractivity contribution in [3.63, 3.8) is 0 Å². The molecular weight excluding hydrogens is 409 g/mol. The van der Waals surface area contributed by atoms with E-state index < -0.39 is 0 Å². The van der Waals surface area contributed by atoms with Crippen LogP contribution in [0.4, 0.5) is 11.5 Å². The van der Waals surface area contributed by atoms with Gasteiger partial charge in [-0.3, -0.25) is 0 Å². The Morgan fingerprint density at radius 1 is 0.929 bits per heavy atom. The second-order valence-electron chi connectivity index (χ2n) is 7.30. The summed E-state index contributed by atoms with van der Waals surface area (Å²) in [6, 6.07) is 13.8. The molecule has 1 saturated carbocycles. The number of fused-ring (bicyclic) bond motifs is 3. The van der Waals surface area contributed by atoms with Gasteiger partial charge in [-0.25, -0.2) is 9.97 Å². The number of pyridine rings is 1. The molecule has 0 aliphatic heterocycles. The van der Waals surface area contributed by atoms with E-state index in [1.165, 1.54) is 41.8 Å². The Morgan fingerprint density at radius 2 is 1.75 bits per heavy atom. The molecule has 1 fully saturated rings. The normalized spacial score (nSPS) is 15.4. The molecule has 142 valence electrons. The fourth-order valence-corrected chi connectivity index (χ4v) is 5.51. The number of anilines is 2. The van der Waals surface area contributed by atoms with Crippen molar-refractivity contribution in [2.75, 3.05) is 5.32 Å². The van der Waals surface area contributed by atoms with Gasteiger partial charge in [-0.05, 0) is 37.1 Å². The van der Waals surface area contributed by atoms with Crippen LogP contribution < -0.4 is 5.32 Å². The monoisotopic (exact) mass is 427 g/mol. The van der Waals surface area contributed by atoms with Gasteiger partial charge in [0.2, 0.25) is 0 Å². The molecule has 6 heteroatoms. The number of hydrogen-bond donors (Lipinski definition) is 1. The highest BCUT2D eigenvalue weighted by Crippen LogP contribution is 2.41. The Labute approximate surface area is 177 Å². The number of para-hydroxylation sites is 1. The molecule has 0 radical (unpaired) electrons. The standard InChI is InChI=1S/C22H19Cl2N3S/c23-16-11-10-14(12-17(16)24)25-21-19-20(15-8-4-5-9-18(15)26-21)28-22(27-19)13-6-2-1-3-7-13/h4-5,8-13H,1-3,6-7H2,(H,25,26). The minimum atomic E-state index is 0.518. The van der Waals surface area contributed by atoms with Crippen LogP contribution in [-0.2, 0) is 0 Å². The van der Waals surface area contributed by atoms with E-state index in [4.69, 9.17) is 33.2 Å². The summed E-state index contributed by atoms with van der Waals surface area (Å²) in [6.45, 7) is 0. The molecule has 0 unspecified atom stereocenters. The predicted molar refractivity (Wildman–Crippen MR) is 120 cm³/mol. The Hall–Kier alpha value is -1.88. The predicted octanol–water partition coefficient (Wildman–Crippen LogP) is 7.94. The summed E-state index contributed by atoms with van der Waals surface area (Å²) in [4.78, 5) is 9.92. The molecule has 2 aromatic heterocycles. The summed E-state index contributed by atoms with van der Waals surface area (Å²) in [5.74, 6) is 1.34. The van der Waals surface area contributed by atoms with E-state index >= 15 is 0 Å². The Kier molecular flexibility index (Phi) is 4.87. The molecule has 3 nitrogen and oxygen atoms in total. The fraction of sp³-hybridized carbons (Fsp3) is 0.273. The maximum absolute atomic E-state index is 6.19. The van der Waals surface area contributed by atoms with Crippen molar-refractivity contribution in [3.8, 4) is 0 Å². The second-order valence-corrected chi connectivity index (χ2v) is 9.14. The van der Waals surface area contributed by atoms with Crippen molar-refractivity contribution in [3.05, 3.63) is 57.5 Å². The minimum Gasteiger partial charge on any atom is -0.338 e. The second kappa shape index (κ2) is 7.51. The number of nitrogens with zero attached hydrogens (tertiary/aromatic N) is 2. The van der Waals surface area contributed by atoms with Gasteiger partial charge in [0.15, 0.2) is 5.82 Å². The van der Waals surface area contributed by atoms with Gasteiger partial charge in [0.25, 0.3) is 0 Å². The van der Waals surface area contributed by atoms with Crippen molar-refractivity contribution in [2.24, 2.45) is 0 Å². The van der Waals surface area contributed by atoms with Crippen LogP contribution in [0.3, 0.4) is 0 Å². The van der Waals surface area contributed by atoms with Gasteiger partial charge in [0, 0.05) is 17.0 Å². The van der Waals surface area contributed by atoms with Gasteiger partial charge in [-0.15, -0.1) is 11.3 Å². The smallest absolute Gasteiger partial charge is 0.158 e. The Balaban J connectivity index is 1.65. The van der Waals surface area contributed by atoms with Gasteiger partial charge >= 0.3 is 0 Å². The molecule has 2 heterocycles. The molecule has 4 aromatic rings. The van der Waals surface area contributed by atoms with E-state index in [1.807, 2.05) is 29.5 Å². The number of benzene rings is 2. The summed E-state index contributed by atoms with van der Waals surface area (Å²) in [5.41, 5.74) is 2.76. The maximum atomic E-state index is 6.19. The molecule has 5 rings (SSSR count). The molecule has 1 N–H and O–H groups in total. The van der Waals surface area contributed by atoms with Crippen LogP contribution in [0.25, 0.3) is 21.1 Å². The van der Waals surface area contributed by atoms with Crippen LogP contribution in [0.5, 0.6) is 0 Å². The summed E-state index contributed by atoms with van der Waals surface area (Å²) < 4.78 is 1.20. The Bertz CT molecular complexity index is 1170. The molecule has 0 bridgehead atoms. The van der Waals surface area contributed by atoms with Crippen molar-refractivity contribution in [2.45, 2.75) is 38.0 Å². The lowest BCUT2D eigenvalue weighted by Crippen LogP contribution is -2.03. The number of aromatic nitrogens is 2. The van der Waals surface area contributed by atoms with Crippen LogP contribution in [0.15, 0.2) is 42.5 Å². The third-order valence-corrected chi connectivity index (χ3v) is 7.38. The van der Waals surface area contributed by atoms with Gasteiger partial charge in [-0.1, -0.05) is 60.7 Å². The molecule has 0 amide bonds. The number of hydrogen-bond acceptors (Lipinski definition) is 4. The Morgan fingerprint density at radius 3 is 2.57 bits per heavy atom. The molecule has 0 spiro atoms. The number of halogens is 2. The first kappa shape index (κ1) is 18.2. The molecule has 1 aliphatic carbocycles. The van der Waals surface area contributed by atoms with Crippen LogP contribution in [-0.4, -0.2) is 9.97 Å². The van der Waals surface area contributed by atoms with Crippen molar-refractivity contribution < 1.29 is 0 Å². The lowest BCUT2D eigenvalue weighted by Gasteiger charge is -2.18. The quantitative estimate of drug-likeness (QED) is 0.360. The van der Waals surface area contributed by atoms with E-state index in [0.717, 1.165) is 27.9 Å². The first-order chi connectivity index (χ1) is 13.7. The number of rotatable bonds is 3. The molecular formula is C22H19Cl2N3S. The largest absolute Gasteiger partial charge is 0.338 e. The van der Waals surface area contributed by atoms with Crippen LogP contribution in [0.1, 0.15) is 43.0 Å². The van der Waals surface area contributed by atoms with Crippen molar-refractivity contribution >= 4 is 67.2 Å². The summed E-state index contributed by atoms with van der Waals surface area (Å²) in [5, 5.41) is 6.88. The fourth-order valence-electron chi connectivity index (χ4n) is 3.94. The van der Waals surface area contributed by atoms with Gasteiger partial charge in [0.05, 0.1) is 25.3 Å². The average molecular weight is 428 g/mol. The highest BCUT2D eigenvalue weighted by molar-refractivity contribution is 7.19. The highest BCUT2D eigenvalue weighted by Gasteiger charge is 2.22. The van der Waals surface area contributed by atoms with Gasteiger partial charge in [0.1, 0.15) is 5.52 Å². The molecule has 0 atom stereocenters. The zero-order valence-electron chi connectivity index (χ0n) is 15.2. The molecule has 0 saturated heterocycles. The van der Waals surface area contributed by atoms with Gasteiger partial charge in [-0.2, -0.15) is 0 Å². The zero-order valence-corrected chi connectivity index (χ0v) is 17.5. The summed E-state index contributed by atoms with van der Waals surface area (Å²) >= 11 is 14.1. The molecule has 28 heavy (non-hydrogen) atoms. The first-order valence-corrected chi connectivity index (χ1v) is 11.2. The lowest BCUT2D eigenvalue weighted by atomic mass is 9.90. The third-order valence-electron chi connectivity index (χ3n) is 5.39. The number of thiazole rings is 1. The molecule has 1 aliphatic rings. The minimum absolute atomic E-state index is 0.518. The SMILES string of the molecule is Clc1ccc(Nc2nc3ccccc3c3sc(C4CCCCC4)nc23)cc1Cl. The van der Waals surface area contributed by atoms with E-state index in [9.17, 15) is 0 Å². The highest BCUT2D eigenvalue weighted by atomic mass is 35.5. The van der Waals surface area contributed by atoms with E-state index in [0.29, 0.717) is 16.0 Å². The summed E-state index contributed by atoms with van der Waals surface area (Å²) in [6.07, 6.45) is 6.42. The van der Waals surface area contributed by atoms with Gasteiger partial charge < -0.3 is 5.32 Å². The maximum Gasteiger partial charge on any atom is 0.158 e. The van der Waals surface area contributed by atoms with Crippen LogP contribution in [0, 0.1) is 0 Å². The topological polar surface area (TPSA) is 37.8 Å². The third kappa shape index (κ3) is 3.34. The van der Waals surface area contributed by atoms with E-state index in [1.54, 1.807) is 6.07 Å². The van der Waals surface area contributed by atoms with Crippen molar-refractivity contribution in [1.29, 1.82) is 0 Å². The number of nitrogens with one attached hydrogen (secondary N) is 1.